The predicted octanol–water partition coefficient (Wildman–Crippen LogP) is -0.0131. The van der Waals surface area contributed by atoms with Crippen molar-refractivity contribution in [3.63, 3.8) is 0 Å². The van der Waals surface area contributed by atoms with Gasteiger partial charge in [-0.2, -0.15) is 0 Å². The van der Waals surface area contributed by atoms with Gasteiger partial charge in [0.05, 0.1) is 6.42 Å². The van der Waals surface area contributed by atoms with Crippen LogP contribution in [0, 0.1) is 0 Å². The molecular weight excluding hydrogens is 198 g/mol. The Kier molecular flexibility index (Phi) is 4.90. The summed E-state index contributed by atoms with van der Waals surface area (Å²) in [5.41, 5.74) is 0. The Morgan fingerprint density at radius 2 is 1.92 bits per heavy atom. The van der Waals surface area contributed by atoms with Crippen LogP contribution in [0.25, 0.3) is 0 Å². The molecule has 1 amide bonds. The molecule has 0 spiro atoms. The molecule has 0 aliphatic rings. The van der Waals surface area contributed by atoms with E-state index in [-0.39, 0.29) is 0 Å². The molecule has 0 rings (SSSR count). The molecule has 0 aliphatic carbocycles. The van der Waals surface area contributed by atoms with Gasteiger partial charge in [-0.25, -0.2) is 0 Å². The van der Waals surface area contributed by atoms with E-state index in [4.69, 9.17) is 10.2 Å². The van der Waals surface area contributed by atoms with Gasteiger partial charge in [-0.05, 0) is 11.8 Å². The average Bonchev–Trinajstić information content (AvgIpc) is 2.02. The molecule has 0 saturated heterocycles. The van der Waals surface area contributed by atoms with Crippen molar-refractivity contribution in [2.75, 3.05) is 7.05 Å². The topological polar surface area (TPSA) is 104 Å². The molecule has 0 aliphatic heterocycles. The van der Waals surface area contributed by atoms with Crippen LogP contribution in [-0.2, 0) is 9.59 Å². The third-order valence-corrected chi connectivity index (χ3v) is 2.16. The van der Waals surface area contributed by atoms with Crippen molar-refractivity contribution in [1.82, 2.24) is 5.32 Å². The molecule has 1 atom stereocenters. The number of carbonyl (C=O) groups excluding carboxylic acids is 1. The highest BCUT2D eigenvalue weighted by molar-refractivity contribution is 8.14. The minimum Gasteiger partial charge on any atom is -0.481 e. The zero-order chi connectivity index (χ0) is 10.4. The highest BCUT2D eigenvalue weighted by atomic mass is 32.2. The Hall–Kier alpha value is -1.24. The molecule has 7 heteroatoms. The van der Waals surface area contributed by atoms with Crippen molar-refractivity contribution in [3.05, 3.63) is 0 Å². The number of rotatable bonds is 4. The number of thioether (sulfide) groups is 1. The molecule has 74 valence electrons. The lowest BCUT2D eigenvalue weighted by Crippen LogP contribution is -2.25. The van der Waals surface area contributed by atoms with Gasteiger partial charge in [0.15, 0.2) is 0 Å². The van der Waals surface area contributed by atoms with E-state index >= 15 is 0 Å². The van der Waals surface area contributed by atoms with Crippen LogP contribution in [0.1, 0.15) is 6.42 Å². The van der Waals surface area contributed by atoms with E-state index in [0.29, 0.717) is 11.8 Å². The van der Waals surface area contributed by atoms with Crippen LogP contribution in [-0.4, -0.2) is 39.7 Å². The van der Waals surface area contributed by atoms with Crippen LogP contribution in [0.5, 0.6) is 0 Å². The standard InChI is InChI=1S/C6H9NO5S/c1-7-6(12)13-3(5(10)11)2-4(8)9/h3H,2H2,1H3,(H,7,12)(H,8,9)(H,10,11). The second-order valence-electron chi connectivity index (χ2n) is 2.08. The van der Waals surface area contributed by atoms with Crippen LogP contribution in [0.15, 0.2) is 0 Å². The van der Waals surface area contributed by atoms with Gasteiger partial charge in [-0.15, -0.1) is 0 Å². The van der Waals surface area contributed by atoms with Gasteiger partial charge in [0.1, 0.15) is 5.25 Å². The summed E-state index contributed by atoms with van der Waals surface area (Å²) in [5.74, 6) is -2.56. The van der Waals surface area contributed by atoms with Crippen LogP contribution in [0.4, 0.5) is 4.79 Å². The second-order valence-corrected chi connectivity index (χ2v) is 3.26. The van der Waals surface area contributed by atoms with Gasteiger partial charge in [0.25, 0.3) is 5.24 Å². The lowest BCUT2D eigenvalue weighted by Gasteiger charge is -2.06. The Balaban J connectivity index is 4.18. The average molecular weight is 207 g/mol. The van der Waals surface area contributed by atoms with Crippen LogP contribution >= 0.6 is 11.8 Å². The number of amides is 1. The van der Waals surface area contributed by atoms with Gasteiger partial charge >= 0.3 is 11.9 Å². The molecule has 6 nitrogen and oxygen atoms in total. The Bertz CT molecular complexity index is 229. The fraction of sp³-hybridized carbons (Fsp3) is 0.500. The molecule has 0 saturated carbocycles. The Labute approximate surface area is 78.3 Å². The zero-order valence-corrected chi connectivity index (χ0v) is 7.63. The Morgan fingerprint density at radius 1 is 1.38 bits per heavy atom. The zero-order valence-electron chi connectivity index (χ0n) is 6.81. The summed E-state index contributed by atoms with van der Waals surface area (Å²) in [4.78, 5) is 31.3. The lowest BCUT2D eigenvalue weighted by atomic mass is 10.3. The molecule has 1 unspecified atom stereocenters. The molecule has 0 radical (unpaired) electrons. The summed E-state index contributed by atoms with van der Waals surface area (Å²) in [7, 11) is 1.34. The monoisotopic (exact) mass is 207 g/mol. The van der Waals surface area contributed by atoms with E-state index in [1.54, 1.807) is 0 Å². The highest BCUT2D eigenvalue weighted by Crippen LogP contribution is 2.15. The first kappa shape index (κ1) is 11.8. The maximum atomic E-state index is 10.7. The van der Waals surface area contributed by atoms with E-state index in [0.717, 1.165) is 0 Å². The quantitative estimate of drug-likeness (QED) is 0.598. The molecule has 0 bridgehead atoms. The van der Waals surface area contributed by atoms with Crippen molar-refractivity contribution in [1.29, 1.82) is 0 Å². The smallest absolute Gasteiger partial charge is 0.317 e. The van der Waals surface area contributed by atoms with Gasteiger partial charge in [-0.3, -0.25) is 14.4 Å². The molecule has 0 fully saturated rings. The third kappa shape index (κ3) is 5.07. The summed E-state index contributed by atoms with van der Waals surface area (Å²) >= 11 is 0.451. The minimum atomic E-state index is -1.31. The van der Waals surface area contributed by atoms with E-state index < -0.39 is 28.8 Å². The van der Waals surface area contributed by atoms with Gasteiger partial charge in [-0.1, -0.05) is 0 Å². The normalized spacial score (nSPS) is 11.8. The highest BCUT2D eigenvalue weighted by Gasteiger charge is 2.24. The number of nitrogens with one attached hydrogen (secondary N) is 1. The number of aliphatic carboxylic acids is 2. The minimum absolute atomic E-state index is 0.451. The molecule has 0 aromatic rings. The summed E-state index contributed by atoms with van der Waals surface area (Å²) in [6.07, 6.45) is -0.576. The predicted molar refractivity (Wildman–Crippen MR) is 45.7 cm³/mol. The summed E-state index contributed by atoms with van der Waals surface area (Å²) in [6, 6.07) is 0. The summed E-state index contributed by atoms with van der Waals surface area (Å²) in [6.45, 7) is 0. The van der Waals surface area contributed by atoms with Gasteiger partial charge < -0.3 is 15.5 Å². The second kappa shape index (κ2) is 5.41. The summed E-state index contributed by atoms with van der Waals surface area (Å²) < 4.78 is 0. The summed E-state index contributed by atoms with van der Waals surface area (Å²) in [5, 5.41) is 17.2. The van der Waals surface area contributed by atoms with E-state index in [2.05, 4.69) is 5.32 Å². The van der Waals surface area contributed by atoms with Crippen LogP contribution < -0.4 is 5.32 Å². The molecule has 13 heavy (non-hydrogen) atoms. The lowest BCUT2D eigenvalue weighted by molar-refractivity contribution is -0.142. The number of carboxylic acid groups (broad SMARTS) is 2. The Morgan fingerprint density at radius 3 is 2.23 bits per heavy atom. The third-order valence-electron chi connectivity index (χ3n) is 1.09. The van der Waals surface area contributed by atoms with Crippen molar-refractivity contribution >= 4 is 28.9 Å². The van der Waals surface area contributed by atoms with E-state index in [1.807, 2.05) is 0 Å². The maximum Gasteiger partial charge on any atom is 0.317 e. The molecule has 0 aromatic carbocycles. The number of carbonyl (C=O) groups is 3. The van der Waals surface area contributed by atoms with Crippen LogP contribution in [0.2, 0.25) is 0 Å². The molecule has 0 aromatic heterocycles. The van der Waals surface area contributed by atoms with Gasteiger partial charge in [0, 0.05) is 7.05 Å². The van der Waals surface area contributed by atoms with Crippen molar-refractivity contribution < 1.29 is 24.6 Å². The maximum absolute atomic E-state index is 10.7. The first-order valence-corrected chi connectivity index (χ1v) is 4.18. The van der Waals surface area contributed by atoms with Crippen molar-refractivity contribution in [2.45, 2.75) is 11.7 Å². The molecule has 0 heterocycles. The molecular formula is C6H9NO5S. The molecule has 3 N–H and O–H groups in total. The fourth-order valence-corrected chi connectivity index (χ4v) is 1.23. The first-order valence-electron chi connectivity index (χ1n) is 3.30. The SMILES string of the molecule is CNC(=O)SC(CC(=O)O)C(=O)O. The van der Waals surface area contributed by atoms with Crippen molar-refractivity contribution in [3.8, 4) is 0 Å². The largest absolute Gasteiger partial charge is 0.481 e. The number of carboxylic acids is 2. The number of hydrogen-bond acceptors (Lipinski definition) is 4. The van der Waals surface area contributed by atoms with Gasteiger partial charge in [0.2, 0.25) is 0 Å². The fourth-order valence-electron chi connectivity index (χ4n) is 0.526. The van der Waals surface area contributed by atoms with Crippen LogP contribution in [0.3, 0.4) is 0 Å². The van der Waals surface area contributed by atoms with E-state index in [1.165, 1.54) is 7.05 Å². The van der Waals surface area contributed by atoms with Crippen molar-refractivity contribution in [2.24, 2.45) is 0 Å². The van der Waals surface area contributed by atoms with E-state index in [9.17, 15) is 14.4 Å². The number of hydrogen-bond donors (Lipinski definition) is 3. The first-order chi connectivity index (χ1) is 5.97.